The van der Waals surface area contributed by atoms with Crippen LogP contribution >= 0.6 is 0 Å². The molecule has 0 aromatic heterocycles. The van der Waals surface area contributed by atoms with E-state index in [1.807, 2.05) is 0 Å². The molecule has 0 spiro atoms. The number of allylic oxidation sites excluding steroid dienone is 2. The van der Waals surface area contributed by atoms with E-state index < -0.39 is 0 Å². The molecular weight excluding hydrogens is 569 g/mol. The molecule has 0 radical (unpaired) electrons. The maximum Gasteiger partial charge on any atom is 0.0503 e. The molecule has 1 nitrogen and oxygen atoms in total. The summed E-state index contributed by atoms with van der Waals surface area (Å²) in [5.41, 5.74) is 3.41. The minimum absolute atomic E-state index is 0.946. The summed E-state index contributed by atoms with van der Waals surface area (Å²) in [4.78, 5) is 0. The Morgan fingerprint density at radius 3 is 1.04 bits per heavy atom. The lowest BCUT2D eigenvalue weighted by molar-refractivity contribution is 0.117. The lowest BCUT2D eigenvalue weighted by Gasteiger charge is -2.40. The van der Waals surface area contributed by atoms with Gasteiger partial charge in [-0.2, -0.15) is 0 Å². The average Bonchev–Trinajstić information content (AvgIpc) is 3.13. The highest BCUT2D eigenvalue weighted by Crippen LogP contribution is 2.47. The first-order chi connectivity index (χ1) is 23.2. The van der Waals surface area contributed by atoms with Crippen LogP contribution in [-0.4, -0.2) is 13.2 Å². The minimum atomic E-state index is 0.946. The summed E-state index contributed by atoms with van der Waals surface area (Å²) < 4.78 is 6.22. The Hall–Kier alpha value is -0.560. The van der Waals surface area contributed by atoms with Crippen molar-refractivity contribution >= 4 is 0 Å². The summed E-state index contributed by atoms with van der Waals surface area (Å²) in [6.07, 6.45) is 46.5. The van der Waals surface area contributed by atoms with Crippen LogP contribution in [0, 0.1) is 59.2 Å². The van der Waals surface area contributed by atoms with Gasteiger partial charge in [0.25, 0.3) is 0 Å². The SMILES string of the molecule is CCCC1CCC(C2CCC(C3CC=C(CCOCCC4=CCC(C5CCC(C6CCC(CCC)CC6)CC5)CC4)CC3)CC2)CC1. The van der Waals surface area contributed by atoms with Crippen LogP contribution in [0.2, 0.25) is 0 Å². The smallest absolute Gasteiger partial charge is 0.0503 e. The summed E-state index contributed by atoms with van der Waals surface area (Å²) in [6.45, 7) is 6.64. The number of rotatable bonds is 14. The molecule has 4 saturated carbocycles. The van der Waals surface area contributed by atoms with Crippen molar-refractivity contribution < 1.29 is 4.74 Å². The Bertz CT molecular complexity index is 852. The van der Waals surface area contributed by atoms with Crippen molar-refractivity contribution in [3.05, 3.63) is 23.3 Å². The fraction of sp³-hybridized carbons (Fsp3) is 0.913. The molecule has 1 heteroatoms. The van der Waals surface area contributed by atoms with E-state index in [2.05, 4.69) is 26.0 Å². The summed E-state index contributed by atoms with van der Waals surface area (Å²) in [6, 6.07) is 0. The fourth-order valence-corrected chi connectivity index (χ4v) is 12.5. The van der Waals surface area contributed by atoms with Crippen molar-refractivity contribution in [2.24, 2.45) is 59.2 Å². The van der Waals surface area contributed by atoms with Gasteiger partial charge >= 0.3 is 0 Å². The van der Waals surface area contributed by atoms with Gasteiger partial charge < -0.3 is 4.74 Å². The van der Waals surface area contributed by atoms with Crippen LogP contribution < -0.4 is 0 Å². The van der Waals surface area contributed by atoms with Gasteiger partial charge in [0, 0.05) is 0 Å². The van der Waals surface area contributed by atoms with Crippen LogP contribution in [0.5, 0.6) is 0 Å². The topological polar surface area (TPSA) is 9.23 Å². The third kappa shape index (κ3) is 10.7. The first kappa shape index (κ1) is 36.2. The van der Waals surface area contributed by atoms with Crippen molar-refractivity contribution in [2.75, 3.05) is 13.2 Å². The second kappa shape index (κ2) is 19.2. The zero-order valence-corrected chi connectivity index (χ0v) is 31.5. The van der Waals surface area contributed by atoms with Gasteiger partial charge in [0.2, 0.25) is 0 Å². The molecule has 0 amide bonds. The van der Waals surface area contributed by atoms with Gasteiger partial charge in [-0.15, -0.1) is 0 Å². The second-order valence-electron chi connectivity index (χ2n) is 18.4. The first-order valence-electron chi connectivity index (χ1n) is 22.1. The molecule has 4 fully saturated rings. The van der Waals surface area contributed by atoms with Gasteiger partial charge in [-0.05, 0) is 188 Å². The van der Waals surface area contributed by atoms with E-state index in [-0.39, 0.29) is 0 Å². The normalized spacial score (nSPS) is 38.9. The monoisotopic (exact) mass is 647 g/mol. The van der Waals surface area contributed by atoms with Crippen LogP contribution in [0.1, 0.15) is 194 Å². The van der Waals surface area contributed by atoms with Gasteiger partial charge in [-0.3, -0.25) is 0 Å². The second-order valence-corrected chi connectivity index (χ2v) is 18.4. The lowest BCUT2D eigenvalue weighted by atomic mass is 9.65. The van der Waals surface area contributed by atoms with Crippen LogP contribution in [0.15, 0.2) is 23.3 Å². The summed E-state index contributed by atoms with van der Waals surface area (Å²) in [5, 5.41) is 0. The third-order valence-corrected chi connectivity index (χ3v) is 15.7. The van der Waals surface area contributed by atoms with Crippen LogP contribution in [0.4, 0.5) is 0 Å². The number of hydrogen-bond acceptors (Lipinski definition) is 1. The molecule has 0 aromatic rings. The molecule has 0 aliphatic heterocycles. The van der Waals surface area contributed by atoms with Crippen molar-refractivity contribution in [3.63, 3.8) is 0 Å². The third-order valence-electron chi connectivity index (χ3n) is 15.7. The Kier molecular flexibility index (Phi) is 14.8. The minimum Gasteiger partial charge on any atom is -0.381 e. The van der Waals surface area contributed by atoms with Crippen molar-refractivity contribution in [2.45, 2.75) is 194 Å². The molecule has 2 unspecified atom stereocenters. The van der Waals surface area contributed by atoms with Gasteiger partial charge in [0.1, 0.15) is 0 Å². The molecule has 268 valence electrons. The average molecular weight is 647 g/mol. The van der Waals surface area contributed by atoms with E-state index in [1.165, 1.54) is 128 Å². The van der Waals surface area contributed by atoms with Crippen LogP contribution in [0.25, 0.3) is 0 Å². The zero-order chi connectivity index (χ0) is 32.3. The molecule has 2 atom stereocenters. The van der Waals surface area contributed by atoms with Crippen LogP contribution in [0.3, 0.4) is 0 Å². The predicted molar refractivity (Wildman–Crippen MR) is 203 cm³/mol. The molecule has 0 heterocycles. The molecule has 0 saturated heterocycles. The summed E-state index contributed by atoms with van der Waals surface area (Å²) in [5.74, 6) is 10.4. The molecule has 6 aliphatic carbocycles. The highest BCUT2D eigenvalue weighted by Gasteiger charge is 2.35. The van der Waals surface area contributed by atoms with Gasteiger partial charge in [0.05, 0.1) is 13.2 Å². The highest BCUT2D eigenvalue weighted by atomic mass is 16.5. The number of ether oxygens (including phenoxy) is 1. The van der Waals surface area contributed by atoms with Crippen molar-refractivity contribution in [1.29, 1.82) is 0 Å². The Labute approximate surface area is 293 Å². The van der Waals surface area contributed by atoms with E-state index in [0.717, 1.165) is 72.4 Å². The van der Waals surface area contributed by atoms with Gasteiger partial charge in [0.15, 0.2) is 0 Å². The van der Waals surface area contributed by atoms with Crippen molar-refractivity contribution in [1.82, 2.24) is 0 Å². The molecule has 6 rings (SSSR count). The van der Waals surface area contributed by atoms with E-state index in [1.54, 1.807) is 62.5 Å². The fourth-order valence-electron chi connectivity index (χ4n) is 12.5. The van der Waals surface area contributed by atoms with Crippen molar-refractivity contribution in [3.8, 4) is 0 Å². The summed E-state index contributed by atoms with van der Waals surface area (Å²) in [7, 11) is 0. The van der Waals surface area contributed by atoms with E-state index in [9.17, 15) is 0 Å². The van der Waals surface area contributed by atoms with E-state index in [0.29, 0.717) is 0 Å². The van der Waals surface area contributed by atoms with E-state index >= 15 is 0 Å². The van der Waals surface area contributed by atoms with Gasteiger partial charge in [-0.25, -0.2) is 0 Å². The molecule has 0 bridgehead atoms. The molecule has 6 aliphatic rings. The van der Waals surface area contributed by atoms with E-state index in [4.69, 9.17) is 4.74 Å². The molecule has 47 heavy (non-hydrogen) atoms. The number of hydrogen-bond donors (Lipinski definition) is 0. The zero-order valence-electron chi connectivity index (χ0n) is 31.5. The lowest BCUT2D eigenvalue weighted by Crippen LogP contribution is -2.28. The van der Waals surface area contributed by atoms with Crippen LogP contribution in [-0.2, 0) is 4.74 Å². The standard InChI is InChI=1S/C46H78O/c1-3-5-35-7-15-39(16-8-35)43-23-27-45(28-24-43)41-19-11-37(12-20-41)31-33-47-34-32-38-13-21-42(22-14-38)46-29-25-44(26-30-46)40-17-9-36(6-4-2)10-18-40/h11,13,35-36,39-46H,3-10,12,14-34H2,1-2H3. The maximum atomic E-state index is 6.22. The maximum absolute atomic E-state index is 6.22. The highest BCUT2D eigenvalue weighted by molar-refractivity contribution is 5.09. The predicted octanol–water partition coefficient (Wildman–Crippen LogP) is 14.1. The quantitative estimate of drug-likeness (QED) is 0.135. The molecule has 0 aromatic carbocycles. The summed E-state index contributed by atoms with van der Waals surface area (Å²) >= 11 is 0. The Morgan fingerprint density at radius 2 is 0.745 bits per heavy atom. The van der Waals surface area contributed by atoms with Gasteiger partial charge in [-0.1, -0.05) is 88.5 Å². The Morgan fingerprint density at radius 1 is 0.426 bits per heavy atom. The first-order valence-corrected chi connectivity index (χ1v) is 22.1. The molecular formula is C46H78O. The Balaban J connectivity index is 0.790. The largest absolute Gasteiger partial charge is 0.381 e. The molecule has 0 N–H and O–H groups in total.